The molecule has 92 heavy (non-hydrogen) atoms. The summed E-state index contributed by atoms with van der Waals surface area (Å²) in [5.74, 6) is 0. The van der Waals surface area contributed by atoms with Gasteiger partial charge in [0, 0.05) is 37.0 Å². The van der Waals surface area contributed by atoms with Gasteiger partial charge in [0.25, 0.3) is 0 Å². The van der Waals surface area contributed by atoms with Gasteiger partial charge in [-0.1, -0.05) is 331 Å². The number of alkyl halides is 12. The van der Waals surface area contributed by atoms with Crippen LogP contribution in [0, 0.1) is 0 Å². The fraction of sp³-hybridized carbons (Fsp3) is 0.684. The first kappa shape index (κ1) is 82.9. The largest absolute Gasteiger partial charge is 0.416 e. The van der Waals surface area contributed by atoms with E-state index in [0.717, 1.165) is 48.5 Å². The highest BCUT2D eigenvalue weighted by Crippen LogP contribution is 2.56. The third-order valence-corrected chi connectivity index (χ3v) is 28.8. The molecule has 0 aromatic heterocycles. The van der Waals surface area contributed by atoms with Crippen molar-refractivity contribution in [2.45, 2.75) is 297 Å². The molecule has 0 saturated heterocycles. The van der Waals surface area contributed by atoms with Crippen molar-refractivity contribution in [3.05, 3.63) is 119 Å². The minimum atomic E-state index is -4.77. The van der Waals surface area contributed by atoms with Gasteiger partial charge in [-0.3, -0.25) is 0 Å². The van der Waals surface area contributed by atoms with Crippen LogP contribution in [-0.4, -0.2) is 43.1 Å². The molecule has 4 aromatic carbocycles. The van der Waals surface area contributed by atoms with Crippen molar-refractivity contribution in [3.8, 4) is 0 Å². The second kappa shape index (κ2) is 44.5. The van der Waals surface area contributed by atoms with E-state index in [9.17, 15) is 52.7 Å². The lowest BCUT2D eigenvalue weighted by Gasteiger charge is -2.44. The van der Waals surface area contributed by atoms with Crippen LogP contribution < -0.4 is 26.0 Å². The highest BCUT2D eigenvalue weighted by Gasteiger charge is 2.39. The van der Waals surface area contributed by atoms with E-state index in [0.29, 0.717) is 48.5 Å². The summed E-state index contributed by atoms with van der Waals surface area (Å²) < 4.78 is 167. The summed E-state index contributed by atoms with van der Waals surface area (Å²) >= 11 is 0. The molecule has 0 radical (unpaired) electrons. The van der Waals surface area contributed by atoms with Crippen LogP contribution in [0.1, 0.15) is 295 Å². The summed E-state index contributed by atoms with van der Waals surface area (Å²) in [6, 6.07) is 13.6. The molecule has 1 nitrogen and oxygen atoms in total. The maximum atomic E-state index is 13.3. The summed E-state index contributed by atoms with van der Waals surface area (Å²) in [5, 5.41) is 0. The van der Waals surface area contributed by atoms with Gasteiger partial charge in [0.05, 0.1) is 22.3 Å². The van der Waals surface area contributed by atoms with Gasteiger partial charge < -0.3 is 0 Å². The quantitative estimate of drug-likeness (QED) is 0.0138. The molecule has 0 amide bonds. The molecule has 0 bridgehead atoms. The fourth-order valence-electron chi connectivity index (χ4n) is 13.5. The number of rotatable bonds is 46. The average Bonchev–Trinajstić information content (AvgIpc) is 0.732. The highest BCUT2D eigenvalue weighted by atomic mass is 31.2. The van der Waals surface area contributed by atoms with Crippen molar-refractivity contribution in [3.63, 3.8) is 0 Å². The molecule has 4 aromatic rings. The molecule has 0 saturated carbocycles. The minimum absolute atomic E-state index is 0.0114. The number of hydrogen-bond donors (Lipinski definition) is 0. The van der Waals surface area contributed by atoms with Crippen LogP contribution in [-0.2, 0) is 24.7 Å². The lowest BCUT2D eigenvalue weighted by atomic mass is 9.13. The van der Waals surface area contributed by atoms with E-state index in [1.165, 1.54) is 268 Å². The fourth-order valence-corrected chi connectivity index (χ4v) is 25.0. The molecule has 4 rings (SSSR count). The first-order valence-electron chi connectivity index (χ1n) is 36.2. The Bertz CT molecular complexity index is 2240. The van der Waals surface area contributed by atoms with Gasteiger partial charge in [0.2, 0.25) is 14.1 Å². The lowest BCUT2D eigenvalue weighted by Crippen LogP contribution is -2.74. The van der Waals surface area contributed by atoms with Gasteiger partial charge >= 0.3 is 24.7 Å². The van der Waals surface area contributed by atoms with Crippen LogP contribution in [0.25, 0.3) is 0 Å². The molecule has 16 heteroatoms. The first-order valence-corrected chi connectivity index (χ1v) is 40.8. The third-order valence-electron chi connectivity index (χ3n) is 18.9. The van der Waals surface area contributed by atoms with Crippen molar-refractivity contribution in [2.24, 2.45) is 0 Å². The third kappa shape index (κ3) is 30.4. The first-order chi connectivity index (χ1) is 43.9. The smallest absolute Gasteiger partial charge is 0.195 e. The van der Waals surface area contributed by atoms with Crippen LogP contribution in [0.3, 0.4) is 0 Å². The van der Waals surface area contributed by atoms with Gasteiger partial charge in [-0.05, 0) is 38.5 Å². The molecular weight excluding hydrogens is 1230 g/mol. The Balaban J connectivity index is 0.000000489. The maximum absolute atomic E-state index is 13.3. The standard InChI is InChI=1S/C48H102NP2.C28H16BF12/c1-7-13-19-25-31-37-43-50(44-38-32-26-20-14-8-2,45-39-33-27-21-15-9-3)49-51(46-40-34-28-22-16-10-4,47-41-35-29-23-17-11-5)48-42-36-30-24-18-12-6;30-25(31,32)17-1-9-21(10-2-17)29(22-11-3-18(4-12-22)26(33,34)35,23-13-5-19(6-14-23)27(36,37)38)24-15-7-20(8-16-24)28(39,40)41/h7-48H2,1-6H3;1-16H/q+1;-1. The molecule has 0 aliphatic carbocycles. The highest BCUT2D eigenvalue weighted by molar-refractivity contribution is 7.73. The zero-order valence-electron chi connectivity index (χ0n) is 57.4. The maximum Gasteiger partial charge on any atom is 0.416 e. The Morgan fingerprint density at radius 2 is 0.370 bits per heavy atom. The molecule has 0 unspecified atom stereocenters. The van der Waals surface area contributed by atoms with Crippen LogP contribution >= 0.6 is 14.1 Å². The van der Waals surface area contributed by atoms with E-state index >= 15 is 0 Å². The predicted molar refractivity (Wildman–Crippen MR) is 375 cm³/mol. The number of benzene rings is 4. The Kier molecular flexibility index (Phi) is 40.1. The van der Waals surface area contributed by atoms with E-state index in [4.69, 9.17) is 4.17 Å². The molecule has 0 fully saturated rings. The number of halogens is 12. The average molecular weight is 1350 g/mol. The number of unbranched alkanes of at least 4 members (excludes halogenated alkanes) is 30. The minimum Gasteiger partial charge on any atom is -0.195 e. The molecule has 0 atom stereocenters. The van der Waals surface area contributed by atoms with Gasteiger partial charge in [0.1, 0.15) is 6.15 Å². The summed E-state index contributed by atoms with van der Waals surface area (Å²) in [5.41, 5.74) is -4.29. The van der Waals surface area contributed by atoms with Gasteiger partial charge in [0.15, 0.2) is 0 Å². The Morgan fingerprint density at radius 1 is 0.228 bits per heavy atom. The summed E-state index contributed by atoms with van der Waals surface area (Å²) in [6.07, 6.45) is 39.2. The Morgan fingerprint density at radius 3 is 0.511 bits per heavy atom. The van der Waals surface area contributed by atoms with Gasteiger partial charge in [-0.25, -0.2) is 0 Å². The van der Waals surface area contributed by atoms with E-state index < -0.39 is 67.2 Å². The molecule has 0 aliphatic heterocycles. The number of nitrogens with zero attached hydrogens (tertiary/aromatic N) is 1. The van der Waals surface area contributed by atoms with Gasteiger partial charge in [-0.15, -0.1) is 0 Å². The summed E-state index contributed by atoms with van der Waals surface area (Å²) in [6.45, 7) is 14.2. The summed E-state index contributed by atoms with van der Waals surface area (Å²) in [7, 11) is -2.62. The molecule has 0 N–H and O–H groups in total. The van der Waals surface area contributed by atoms with Crippen molar-refractivity contribution in [1.82, 2.24) is 4.17 Å². The number of hydrogen-bond acceptors (Lipinski definition) is 0. The second-order valence-electron chi connectivity index (χ2n) is 26.6. The van der Waals surface area contributed by atoms with Crippen LogP contribution in [0.5, 0.6) is 0 Å². The van der Waals surface area contributed by atoms with E-state index in [-0.39, 0.29) is 21.9 Å². The summed E-state index contributed by atoms with van der Waals surface area (Å²) in [4.78, 5) is 0. The Hall–Kier alpha value is -3.33. The van der Waals surface area contributed by atoms with E-state index in [2.05, 4.69) is 41.5 Å². The molecular formula is C76H118BF12NP2. The van der Waals surface area contributed by atoms with Crippen LogP contribution in [0.15, 0.2) is 97.1 Å². The van der Waals surface area contributed by atoms with Crippen molar-refractivity contribution in [2.75, 3.05) is 37.0 Å². The van der Waals surface area contributed by atoms with Crippen LogP contribution in [0.2, 0.25) is 0 Å². The van der Waals surface area contributed by atoms with Crippen molar-refractivity contribution < 1.29 is 52.7 Å². The van der Waals surface area contributed by atoms with Crippen molar-refractivity contribution in [1.29, 1.82) is 0 Å². The topological polar surface area (TPSA) is 14.1 Å². The second-order valence-corrected chi connectivity index (χ2v) is 34.4. The monoisotopic (exact) mass is 1350 g/mol. The van der Waals surface area contributed by atoms with E-state index in [1.54, 1.807) is 0 Å². The zero-order chi connectivity index (χ0) is 67.8. The van der Waals surface area contributed by atoms with E-state index in [1.807, 2.05) is 0 Å². The lowest BCUT2D eigenvalue weighted by molar-refractivity contribution is -0.138. The normalized spacial score (nSPS) is 12.7. The van der Waals surface area contributed by atoms with Crippen LogP contribution in [0.4, 0.5) is 52.7 Å². The molecule has 0 aliphatic rings. The van der Waals surface area contributed by atoms with Crippen molar-refractivity contribution >= 4 is 42.1 Å². The van der Waals surface area contributed by atoms with Gasteiger partial charge in [-0.2, -0.15) is 78.7 Å². The zero-order valence-corrected chi connectivity index (χ0v) is 59.2. The predicted octanol–water partition coefficient (Wildman–Crippen LogP) is 25.8. The molecule has 0 spiro atoms. The Labute approximate surface area is 550 Å². The molecule has 0 heterocycles. The molecule has 524 valence electrons. The SMILES string of the molecule is CCCCCCCCP(CCCCCCCC)(CCCCCCCC)=[N+]=P(CCCCCCCC)(CCCCCCCC)CCCCCCCC.FC(F)(F)c1ccc([B-](c2ccc(C(F)(F)F)cc2)(c2ccc(C(F)(F)F)cc2)c2ccc(C(F)(F)F)cc2)cc1.